The standard InChI is InChI=1S/C13H16N2/c1-2-6-10-15-12-8-5-4-7-11(12)14-13(15)9-3-1/h4-5,7-8H,1-3,6,9-10H2. The van der Waals surface area contributed by atoms with Crippen molar-refractivity contribution in [1.29, 1.82) is 0 Å². The molecule has 0 spiro atoms. The lowest BCUT2D eigenvalue weighted by atomic mass is 10.1. The number of imidazole rings is 1. The third-order valence-electron chi connectivity index (χ3n) is 3.27. The summed E-state index contributed by atoms with van der Waals surface area (Å²) >= 11 is 0. The van der Waals surface area contributed by atoms with E-state index in [2.05, 4.69) is 28.8 Å². The van der Waals surface area contributed by atoms with E-state index in [0.717, 1.165) is 18.5 Å². The SMILES string of the molecule is c1ccc2c(c1)nc1n2CCCCCC1. The van der Waals surface area contributed by atoms with Gasteiger partial charge < -0.3 is 4.57 Å². The van der Waals surface area contributed by atoms with E-state index in [1.165, 1.54) is 37.0 Å². The van der Waals surface area contributed by atoms with Gasteiger partial charge in [-0.05, 0) is 25.0 Å². The zero-order valence-corrected chi connectivity index (χ0v) is 8.95. The molecule has 0 amide bonds. The molecule has 2 aromatic rings. The molecule has 1 aromatic heterocycles. The first-order chi connectivity index (χ1) is 7.45. The zero-order valence-electron chi connectivity index (χ0n) is 8.95. The van der Waals surface area contributed by atoms with E-state index in [0.29, 0.717) is 0 Å². The van der Waals surface area contributed by atoms with Crippen LogP contribution in [0.1, 0.15) is 31.5 Å². The fourth-order valence-electron chi connectivity index (χ4n) is 2.47. The molecule has 0 fully saturated rings. The van der Waals surface area contributed by atoms with Crippen LogP contribution in [0.15, 0.2) is 24.3 Å². The van der Waals surface area contributed by atoms with Crippen LogP contribution < -0.4 is 0 Å². The number of hydrogen-bond acceptors (Lipinski definition) is 1. The molecule has 0 bridgehead atoms. The molecule has 2 heteroatoms. The Morgan fingerprint density at radius 1 is 1.00 bits per heavy atom. The third-order valence-corrected chi connectivity index (χ3v) is 3.27. The molecule has 0 saturated heterocycles. The van der Waals surface area contributed by atoms with Crippen molar-refractivity contribution in [3.63, 3.8) is 0 Å². The predicted molar refractivity (Wildman–Crippen MR) is 61.9 cm³/mol. The highest BCUT2D eigenvalue weighted by Crippen LogP contribution is 2.20. The molecule has 15 heavy (non-hydrogen) atoms. The molecule has 2 heterocycles. The number of fused-ring (bicyclic) bond motifs is 3. The minimum Gasteiger partial charge on any atom is -0.328 e. The average molecular weight is 200 g/mol. The lowest BCUT2D eigenvalue weighted by Crippen LogP contribution is -2.07. The van der Waals surface area contributed by atoms with E-state index >= 15 is 0 Å². The van der Waals surface area contributed by atoms with Crippen molar-refractivity contribution in [1.82, 2.24) is 9.55 Å². The van der Waals surface area contributed by atoms with Crippen molar-refractivity contribution in [2.24, 2.45) is 0 Å². The lowest BCUT2D eigenvalue weighted by Gasteiger charge is -2.12. The molecule has 0 saturated carbocycles. The van der Waals surface area contributed by atoms with Gasteiger partial charge in [0, 0.05) is 13.0 Å². The molecule has 0 unspecified atom stereocenters. The molecule has 2 nitrogen and oxygen atoms in total. The monoisotopic (exact) mass is 200 g/mol. The van der Waals surface area contributed by atoms with Gasteiger partial charge in [-0.1, -0.05) is 25.0 Å². The maximum absolute atomic E-state index is 4.72. The quantitative estimate of drug-likeness (QED) is 0.638. The zero-order chi connectivity index (χ0) is 10.1. The Morgan fingerprint density at radius 2 is 1.87 bits per heavy atom. The van der Waals surface area contributed by atoms with Gasteiger partial charge in [-0.25, -0.2) is 4.98 Å². The first kappa shape index (κ1) is 8.96. The molecule has 0 aliphatic carbocycles. The number of aryl methyl sites for hydroxylation is 2. The smallest absolute Gasteiger partial charge is 0.109 e. The summed E-state index contributed by atoms with van der Waals surface area (Å²) in [4.78, 5) is 4.72. The van der Waals surface area contributed by atoms with Gasteiger partial charge in [0.1, 0.15) is 5.82 Å². The Kier molecular flexibility index (Phi) is 2.20. The van der Waals surface area contributed by atoms with E-state index in [9.17, 15) is 0 Å². The molecule has 0 atom stereocenters. The molecule has 1 aliphatic rings. The Labute approximate surface area is 89.9 Å². The second kappa shape index (κ2) is 3.69. The summed E-state index contributed by atoms with van der Waals surface area (Å²) in [6.07, 6.45) is 6.47. The van der Waals surface area contributed by atoms with E-state index in [4.69, 9.17) is 4.98 Å². The molecular formula is C13H16N2. The van der Waals surface area contributed by atoms with Gasteiger partial charge in [0.25, 0.3) is 0 Å². The maximum atomic E-state index is 4.72. The van der Waals surface area contributed by atoms with Crippen LogP contribution in [0, 0.1) is 0 Å². The highest BCUT2D eigenvalue weighted by atomic mass is 15.1. The van der Waals surface area contributed by atoms with E-state index < -0.39 is 0 Å². The van der Waals surface area contributed by atoms with Gasteiger partial charge in [-0.2, -0.15) is 0 Å². The van der Waals surface area contributed by atoms with Gasteiger partial charge >= 0.3 is 0 Å². The molecule has 0 radical (unpaired) electrons. The minimum atomic E-state index is 1.15. The summed E-state index contributed by atoms with van der Waals surface area (Å²) in [7, 11) is 0. The van der Waals surface area contributed by atoms with Crippen molar-refractivity contribution in [3.8, 4) is 0 Å². The Hall–Kier alpha value is -1.31. The largest absolute Gasteiger partial charge is 0.328 e. The van der Waals surface area contributed by atoms with Crippen LogP contribution in [0.3, 0.4) is 0 Å². The molecule has 1 aliphatic heterocycles. The van der Waals surface area contributed by atoms with Crippen LogP contribution in [0.2, 0.25) is 0 Å². The summed E-state index contributed by atoms with van der Waals surface area (Å²) in [6, 6.07) is 8.49. The van der Waals surface area contributed by atoms with Crippen molar-refractivity contribution in [3.05, 3.63) is 30.1 Å². The van der Waals surface area contributed by atoms with Crippen molar-refractivity contribution in [2.45, 2.75) is 38.6 Å². The number of benzene rings is 1. The second-order valence-corrected chi connectivity index (χ2v) is 4.33. The van der Waals surface area contributed by atoms with Gasteiger partial charge in [-0.3, -0.25) is 0 Å². The summed E-state index contributed by atoms with van der Waals surface area (Å²) < 4.78 is 2.41. The fraction of sp³-hybridized carbons (Fsp3) is 0.462. The van der Waals surface area contributed by atoms with E-state index in [-0.39, 0.29) is 0 Å². The van der Waals surface area contributed by atoms with Crippen LogP contribution in [0.5, 0.6) is 0 Å². The Balaban J connectivity index is 2.15. The predicted octanol–water partition coefficient (Wildman–Crippen LogP) is 3.15. The van der Waals surface area contributed by atoms with Crippen molar-refractivity contribution >= 4 is 11.0 Å². The fourth-order valence-corrected chi connectivity index (χ4v) is 2.47. The lowest BCUT2D eigenvalue weighted by molar-refractivity contribution is 0.524. The summed E-state index contributed by atoms with van der Waals surface area (Å²) in [5.41, 5.74) is 2.48. The average Bonchev–Trinajstić information content (AvgIpc) is 2.55. The van der Waals surface area contributed by atoms with E-state index in [1.807, 2.05) is 0 Å². The maximum Gasteiger partial charge on any atom is 0.109 e. The number of rotatable bonds is 0. The van der Waals surface area contributed by atoms with Gasteiger partial charge in [0.15, 0.2) is 0 Å². The number of para-hydroxylation sites is 2. The molecule has 78 valence electrons. The van der Waals surface area contributed by atoms with Gasteiger partial charge in [0.05, 0.1) is 11.0 Å². The number of nitrogens with zero attached hydrogens (tertiary/aromatic N) is 2. The highest BCUT2D eigenvalue weighted by molar-refractivity contribution is 5.75. The first-order valence-corrected chi connectivity index (χ1v) is 5.89. The number of hydrogen-bond donors (Lipinski definition) is 0. The van der Waals surface area contributed by atoms with Gasteiger partial charge in [-0.15, -0.1) is 0 Å². The molecule has 0 N–H and O–H groups in total. The van der Waals surface area contributed by atoms with Crippen molar-refractivity contribution < 1.29 is 0 Å². The van der Waals surface area contributed by atoms with Crippen LogP contribution in [-0.2, 0) is 13.0 Å². The normalized spacial score (nSPS) is 17.1. The second-order valence-electron chi connectivity index (χ2n) is 4.33. The van der Waals surface area contributed by atoms with Crippen LogP contribution in [-0.4, -0.2) is 9.55 Å². The molecule has 3 rings (SSSR count). The van der Waals surface area contributed by atoms with Crippen molar-refractivity contribution in [2.75, 3.05) is 0 Å². The third kappa shape index (κ3) is 1.54. The minimum absolute atomic E-state index is 1.15. The Morgan fingerprint density at radius 3 is 2.87 bits per heavy atom. The van der Waals surface area contributed by atoms with E-state index in [1.54, 1.807) is 0 Å². The summed E-state index contributed by atoms with van der Waals surface area (Å²) in [6.45, 7) is 1.15. The molecule has 1 aromatic carbocycles. The highest BCUT2D eigenvalue weighted by Gasteiger charge is 2.11. The summed E-state index contributed by atoms with van der Waals surface area (Å²) in [5, 5.41) is 0. The van der Waals surface area contributed by atoms with Crippen LogP contribution in [0.25, 0.3) is 11.0 Å². The van der Waals surface area contributed by atoms with Gasteiger partial charge in [0.2, 0.25) is 0 Å². The molecular weight excluding hydrogens is 184 g/mol. The Bertz CT molecular complexity index is 470. The number of aromatic nitrogens is 2. The summed E-state index contributed by atoms with van der Waals surface area (Å²) in [5.74, 6) is 1.29. The first-order valence-electron chi connectivity index (χ1n) is 5.89. The topological polar surface area (TPSA) is 17.8 Å². The van der Waals surface area contributed by atoms with Crippen LogP contribution >= 0.6 is 0 Å². The van der Waals surface area contributed by atoms with Crippen LogP contribution in [0.4, 0.5) is 0 Å².